The zero-order chi connectivity index (χ0) is 25.0. The lowest BCUT2D eigenvalue weighted by Gasteiger charge is -2.40. The SMILES string of the molecule is CCCCCCCCCCCCCCCCOC[C@H](CO[C@@H]1O[C@@H](CN)[C@H](O)[C@@H](O)[C@@H]1N)OC. The Kier molecular flexibility index (Phi) is 19.4. The van der Waals surface area contributed by atoms with E-state index in [1.54, 1.807) is 7.11 Å². The minimum Gasteiger partial charge on any atom is -0.388 e. The number of aliphatic hydroxyl groups is 2. The molecular weight excluding hydrogens is 436 g/mol. The van der Waals surface area contributed by atoms with Gasteiger partial charge in [0, 0.05) is 20.3 Å². The van der Waals surface area contributed by atoms with E-state index in [1.165, 1.54) is 83.5 Å². The summed E-state index contributed by atoms with van der Waals surface area (Å²) in [4.78, 5) is 0. The van der Waals surface area contributed by atoms with Crippen LogP contribution in [0.3, 0.4) is 0 Å². The van der Waals surface area contributed by atoms with Crippen LogP contribution < -0.4 is 11.5 Å². The monoisotopic (exact) mass is 490 g/mol. The van der Waals surface area contributed by atoms with Gasteiger partial charge in [-0.2, -0.15) is 0 Å². The van der Waals surface area contributed by atoms with Crippen LogP contribution in [0.2, 0.25) is 0 Å². The average Bonchev–Trinajstić information content (AvgIpc) is 2.85. The Morgan fingerprint density at radius 3 is 1.82 bits per heavy atom. The molecule has 8 nitrogen and oxygen atoms in total. The first kappa shape index (κ1) is 31.7. The summed E-state index contributed by atoms with van der Waals surface area (Å²) in [7, 11) is 1.60. The van der Waals surface area contributed by atoms with Gasteiger partial charge < -0.3 is 40.6 Å². The Bertz CT molecular complexity index is 457. The molecule has 0 amide bonds. The zero-order valence-electron chi connectivity index (χ0n) is 21.9. The largest absolute Gasteiger partial charge is 0.388 e. The summed E-state index contributed by atoms with van der Waals surface area (Å²) in [6.07, 6.45) is 14.6. The number of hydrogen-bond acceptors (Lipinski definition) is 8. The van der Waals surface area contributed by atoms with Gasteiger partial charge in [0.2, 0.25) is 0 Å². The lowest BCUT2D eigenvalue weighted by molar-refractivity contribution is -0.263. The Morgan fingerprint density at radius 2 is 1.32 bits per heavy atom. The first-order valence-corrected chi connectivity index (χ1v) is 13.7. The second-order valence-corrected chi connectivity index (χ2v) is 9.70. The molecule has 6 N–H and O–H groups in total. The second-order valence-electron chi connectivity index (χ2n) is 9.70. The molecule has 0 aromatic rings. The molecule has 34 heavy (non-hydrogen) atoms. The predicted molar refractivity (Wildman–Crippen MR) is 136 cm³/mol. The van der Waals surface area contributed by atoms with Gasteiger partial charge in [-0.1, -0.05) is 90.4 Å². The Morgan fingerprint density at radius 1 is 0.794 bits per heavy atom. The minimum atomic E-state index is -1.15. The van der Waals surface area contributed by atoms with E-state index in [0.717, 1.165) is 6.42 Å². The lowest BCUT2D eigenvalue weighted by atomic mass is 9.97. The number of nitrogens with two attached hydrogens (primary N) is 2. The average molecular weight is 491 g/mol. The van der Waals surface area contributed by atoms with Gasteiger partial charge in [0.15, 0.2) is 6.29 Å². The topological polar surface area (TPSA) is 129 Å². The van der Waals surface area contributed by atoms with Gasteiger partial charge in [-0.05, 0) is 6.42 Å². The van der Waals surface area contributed by atoms with Gasteiger partial charge in [0.25, 0.3) is 0 Å². The number of rotatable bonds is 22. The molecule has 6 atom stereocenters. The van der Waals surface area contributed by atoms with E-state index in [-0.39, 0.29) is 19.3 Å². The van der Waals surface area contributed by atoms with Crippen molar-refractivity contribution in [3.63, 3.8) is 0 Å². The third kappa shape index (κ3) is 13.7. The van der Waals surface area contributed by atoms with Gasteiger partial charge >= 0.3 is 0 Å². The third-order valence-corrected chi connectivity index (χ3v) is 6.71. The van der Waals surface area contributed by atoms with E-state index in [0.29, 0.717) is 13.2 Å². The molecule has 0 aromatic heterocycles. The van der Waals surface area contributed by atoms with E-state index in [1.807, 2.05) is 0 Å². The van der Waals surface area contributed by atoms with Gasteiger partial charge in [0.05, 0.1) is 19.3 Å². The maximum Gasteiger partial charge on any atom is 0.175 e. The summed E-state index contributed by atoms with van der Waals surface area (Å²) in [6.45, 7) is 3.68. The van der Waals surface area contributed by atoms with E-state index in [9.17, 15) is 10.2 Å². The van der Waals surface area contributed by atoms with Crippen molar-refractivity contribution in [1.82, 2.24) is 0 Å². The number of aliphatic hydroxyl groups excluding tert-OH is 2. The maximum atomic E-state index is 10.1. The van der Waals surface area contributed by atoms with Crippen LogP contribution in [0.1, 0.15) is 96.8 Å². The Hall–Kier alpha value is -0.320. The van der Waals surface area contributed by atoms with Crippen molar-refractivity contribution >= 4 is 0 Å². The number of methoxy groups -OCH3 is 1. The zero-order valence-corrected chi connectivity index (χ0v) is 21.9. The molecule has 0 bridgehead atoms. The molecule has 1 aliphatic rings. The van der Waals surface area contributed by atoms with Crippen LogP contribution in [0, 0.1) is 0 Å². The van der Waals surface area contributed by atoms with Gasteiger partial charge in [-0.15, -0.1) is 0 Å². The quantitative estimate of drug-likeness (QED) is 0.170. The van der Waals surface area contributed by atoms with Gasteiger partial charge in [-0.25, -0.2) is 0 Å². The molecule has 1 rings (SSSR count). The van der Waals surface area contributed by atoms with Crippen LogP contribution in [-0.4, -0.2) is 80.4 Å². The summed E-state index contributed by atoms with van der Waals surface area (Å²) in [5, 5.41) is 20.0. The molecule has 0 saturated carbocycles. The van der Waals surface area contributed by atoms with Crippen molar-refractivity contribution in [3.8, 4) is 0 Å². The van der Waals surface area contributed by atoms with Crippen molar-refractivity contribution in [3.05, 3.63) is 0 Å². The molecule has 0 unspecified atom stereocenters. The smallest absolute Gasteiger partial charge is 0.175 e. The Balaban J connectivity index is 1.97. The van der Waals surface area contributed by atoms with Crippen molar-refractivity contribution < 1.29 is 29.2 Å². The van der Waals surface area contributed by atoms with Crippen LogP contribution in [0.25, 0.3) is 0 Å². The number of ether oxygens (including phenoxy) is 4. The normalized spacial score (nSPS) is 26.1. The molecular formula is C26H54N2O6. The van der Waals surface area contributed by atoms with Crippen molar-refractivity contribution in [1.29, 1.82) is 0 Å². The summed E-state index contributed by atoms with van der Waals surface area (Å²) < 4.78 is 22.5. The first-order chi connectivity index (χ1) is 16.5. The summed E-state index contributed by atoms with van der Waals surface area (Å²) >= 11 is 0. The minimum absolute atomic E-state index is 0.0703. The number of unbranched alkanes of at least 4 members (excludes halogenated alkanes) is 13. The van der Waals surface area contributed by atoms with E-state index in [4.69, 9.17) is 30.4 Å². The predicted octanol–water partition coefficient (Wildman–Crippen LogP) is 3.25. The van der Waals surface area contributed by atoms with Crippen molar-refractivity contribution in [2.45, 2.75) is 134 Å². The first-order valence-electron chi connectivity index (χ1n) is 13.7. The molecule has 0 aromatic carbocycles. The molecule has 0 radical (unpaired) electrons. The molecule has 0 spiro atoms. The highest BCUT2D eigenvalue weighted by Crippen LogP contribution is 2.20. The van der Waals surface area contributed by atoms with Crippen LogP contribution in [0.4, 0.5) is 0 Å². The highest BCUT2D eigenvalue weighted by atomic mass is 16.7. The highest BCUT2D eigenvalue weighted by Gasteiger charge is 2.42. The van der Waals surface area contributed by atoms with E-state index in [2.05, 4.69) is 6.92 Å². The van der Waals surface area contributed by atoms with Crippen LogP contribution >= 0.6 is 0 Å². The third-order valence-electron chi connectivity index (χ3n) is 6.71. The number of hydrogen-bond donors (Lipinski definition) is 4. The Labute approximate surface area is 208 Å². The second kappa shape index (κ2) is 20.8. The van der Waals surface area contributed by atoms with Crippen molar-refractivity contribution in [2.24, 2.45) is 11.5 Å². The molecule has 204 valence electrons. The molecule has 1 heterocycles. The fraction of sp³-hybridized carbons (Fsp3) is 1.00. The van der Waals surface area contributed by atoms with Crippen LogP contribution in [0.15, 0.2) is 0 Å². The fourth-order valence-corrected chi connectivity index (χ4v) is 4.30. The summed E-state index contributed by atoms with van der Waals surface area (Å²) in [5.74, 6) is 0. The van der Waals surface area contributed by atoms with Crippen LogP contribution in [0.5, 0.6) is 0 Å². The lowest BCUT2D eigenvalue weighted by Crippen LogP contribution is -2.63. The molecule has 1 fully saturated rings. The summed E-state index contributed by atoms with van der Waals surface area (Å²) in [6, 6.07) is -0.855. The van der Waals surface area contributed by atoms with E-state index >= 15 is 0 Å². The summed E-state index contributed by atoms with van der Waals surface area (Å²) in [5.41, 5.74) is 11.5. The highest BCUT2D eigenvalue weighted by molar-refractivity contribution is 4.92. The standard InChI is InChI=1S/C26H54N2O6/c1-3-4-5-6-7-8-9-10-11-12-13-14-15-16-17-32-19-21(31-2)20-33-26-23(28)25(30)24(29)22(18-27)34-26/h21-26,29-30H,3-20,27-28H2,1-2H3/t21-,22+,23+,24+,25+,26-/m1/s1. The molecule has 0 aliphatic carbocycles. The molecule has 1 saturated heterocycles. The van der Waals surface area contributed by atoms with Gasteiger partial charge in [0.1, 0.15) is 24.4 Å². The molecule has 8 heteroatoms. The molecule has 1 aliphatic heterocycles. The maximum absolute atomic E-state index is 10.1. The fourth-order valence-electron chi connectivity index (χ4n) is 4.30. The van der Waals surface area contributed by atoms with E-state index < -0.39 is 30.6 Å². The van der Waals surface area contributed by atoms with Crippen molar-refractivity contribution in [2.75, 3.05) is 33.5 Å². The van der Waals surface area contributed by atoms with Gasteiger partial charge in [-0.3, -0.25) is 0 Å². The van der Waals surface area contributed by atoms with Crippen LogP contribution in [-0.2, 0) is 18.9 Å².